The van der Waals surface area contributed by atoms with Gasteiger partial charge in [-0.3, -0.25) is 4.79 Å². The minimum absolute atomic E-state index is 0.00595. The molecule has 3 atom stereocenters. The summed E-state index contributed by atoms with van der Waals surface area (Å²) in [5.41, 5.74) is 0.974. The van der Waals surface area contributed by atoms with Crippen molar-refractivity contribution in [2.75, 3.05) is 18.6 Å². The lowest BCUT2D eigenvalue weighted by atomic mass is 10.1. The summed E-state index contributed by atoms with van der Waals surface area (Å²) in [7, 11) is -1.30. The molecule has 1 aromatic rings. The Kier molecular flexibility index (Phi) is 3.51. The van der Waals surface area contributed by atoms with Crippen LogP contribution in [-0.2, 0) is 14.6 Å². The van der Waals surface area contributed by atoms with Crippen LogP contribution in [-0.4, -0.2) is 43.8 Å². The predicted molar refractivity (Wildman–Crippen MR) is 77.1 cm³/mol. The van der Waals surface area contributed by atoms with E-state index in [9.17, 15) is 17.6 Å². The normalized spacial score (nSPS) is 30.1. The molecule has 1 saturated heterocycles. The maximum absolute atomic E-state index is 12.9. The summed E-state index contributed by atoms with van der Waals surface area (Å²) in [6, 6.07) is 6.04. The minimum Gasteiger partial charge on any atom is -0.341 e. The SMILES string of the molecule is CN(C(=O)[C@@H]1C[C@@H]1c1ccc(F)cc1)[C@H]1CCS(=O)(=O)C1. The van der Waals surface area contributed by atoms with Crippen molar-refractivity contribution in [2.45, 2.75) is 24.8 Å². The van der Waals surface area contributed by atoms with E-state index in [1.54, 1.807) is 24.1 Å². The molecule has 2 aliphatic rings. The molecule has 2 fully saturated rings. The lowest BCUT2D eigenvalue weighted by molar-refractivity contribution is -0.133. The van der Waals surface area contributed by atoms with Crippen molar-refractivity contribution in [3.8, 4) is 0 Å². The Morgan fingerprint density at radius 2 is 1.95 bits per heavy atom. The number of halogens is 1. The monoisotopic (exact) mass is 311 g/mol. The van der Waals surface area contributed by atoms with Crippen LogP contribution in [0.25, 0.3) is 0 Å². The zero-order valence-corrected chi connectivity index (χ0v) is 12.6. The van der Waals surface area contributed by atoms with Crippen LogP contribution in [0.5, 0.6) is 0 Å². The number of nitrogens with zero attached hydrogens (tertiary/aromatic N) is 1. The Morgan fingerprint density at radius 1 is 1.29 bits per heavy atom. The Morgan fingerprint density at radius 3 is 2.52 bits per heavy atom. The highest BCUT2D eigenvalue weighted by atomic mass is 32.2. The lowest BCUT2D eigenvalue weighted by Gasteiger charge is -2.23. The molecule has 1 aliphatic heterocycles. The molecule has 0 radical (unpaired) electrons. The summed E-state index contributed by atoms with van der Waals surface area (Å²) in [6.45, 7) is 0. The summed E-state index contributed by atoms with van der Waals surface area (Å²) in [5.74, 6) is 0.00847. The highest BCUT2D eigenvalue weighted by molar-refractivity contribution is 7.91. The molecule has 0 bridgehead atoms. The van der Waals surface area contributed by atoms with Gasteiger partial charge in [-0.1, -0.05) is 12.1 Å². The van der Waals surface area contributed by atoms with Crippen LogP contribution in [0.4, 0.5) is 4.39 Å². The number of carbonyl (C=O) groups is 1. The lowest BCUT2D eigenvalue weighted by Crippen LogP contribution is -2.39. The van der Waals surface area contributed by atoms with Crippen LogP contribution >= 0.6 is 0 Å². The van der Waals surface area contributed by atoms with Gasteiger partial charge in [0.1, 0.15) is 5.82 Å². The van der Waals surface area contributed by atoms with Gasteiger partial charge in [-0.15, -0.1) is 0 Å². The average molecular weight is 311 g/mol. The Bertz CT molecular complexity index is 656. The first-order valence-electron chi connectivity index (χ1n) is 7.10. The van der Waals surface area contributed by atoms with Crippen molar-refractivity contribution in [1.29, 1.82) is 0 Å². The zero-order chi connectivity index (χ0) is 15.2. The van der Waals surface area contributed by atoms with Crippen LogP contribution in [0.3, 0.4) is 0 Å². The molecule has 0 aromatic heterocycles. The van der Waals surface area contributed by atoms with Gasteiger partial charge in [0.05, 0.1) is 11.5 Å². The van der Waals surface area contributed by atoms with Gasteiger partial charge in [0.2, 0.25) is 5.91 Å². The first-order chi connectivity index (χ1) is 9.87. The average Bonchev–Trinajstić information content (AvgIpc) is 3.15. The van der Waals surface area contributed by atoms with Gasteiger partial charge in [0.25, 0.3) is 0 Å². The van der Waals surface area contributed by atoms with Crippen LogP contribution in [0.2, 0.25) is 0 Å². The molecule has 21 heavy (non-hydrogen) atoms. The second-order valence-corrected chi connectivity index (χ2v) is 8.23. The molecule has 0 unspecified atom stereocenters. The molecule has 3 rings (SSSR count). The van der Waals surface area contributed by atoms with E-state index in [1.165, 1.54) is 12.1 Å². The van der Waals surface area contributed by atoms with Crippen molar-refractivity contribution in [3.63, 3.8) is 0 Å². The molecular formula is C15H18FNO3S. The third-order valence-corrected chi connectivity index (χ3v) is 6.26. The Labute approximate surface area is 123 Å². The van der Waals surface area contributed by atoms with Gasteiger partial charge < -0.3 is 4.90 Å². The smallest absolute Gasteiger partial charge is 0.226 e. The maximum Gasteiger partial charge on any atom is 0.226 e. The fraction of sp³-hybridized carbons (Fsp3) is 0.533. The standard InChI is InChI=1S/C15H18FNO3S/c1-17(12-6-7-21(19,20)9-12)15(18)14-8-13(14)10-2-4-11(16)5-3-10/h2-5,12-14H,6-9H2,1H3/t12-,13+,14+/m0/s1. The first kappa shape index (κ1) is 14.5. The maximum atomic E-state index is 12.9. The highest BCUT2D eigenvalue weighted by Crippen LogP contribution is 2.48. The summed E-state index contributed by atoms with van der Waals surface area (Å²) < 4.78 is 35.9. The van der Waals surface area contributed by atoms with E-state index in [0.29, 0.717) is 6.42 Å². The number of benzene rings is 1. The fourth-order valence-corrected chi connectivity index (χ4v) is 4.84. The molecule has 1 aromatic carbocycles. The Hall–Kier alpha value is -1.43. The van der Waals surface area contributed by atoms with Gasteiger partial charge in [-0.25, -0.2) is 12.8 Å². The molecule has 1 heterocycles. The topological polar surface area (TPSA) is 54.5 Å². The van der Waals surface area contributed by atoms with E-state index in [1.807, 2.05) is 0 Å². The van der Waals surface area contributed by atoms with Crippen molar-refractivity contribution < 1.29 is 17.6 Å². The summed E-state index contributed by atoms with van der Waals surface area (Å²) in [4.78, 5) is 14.0. The fourth-order valence-electron chi connectivity index (χ4n) is 3.07. The number of hydrogen-bond acceptors (Lipinski definition) is 3. The predicted octanol–water partition coefficient (Wildman–Crippen LogP) is 1.57. The van der Waals surface area contributed by atoms with Crippen LogP contribution in [0, 0.1) is 11.7 Å². The second kappa shape index (κ2) is 5.09. The van der Waals surface area contributed by atoms with Gasteiger partial charge in [-0.2, -0.15) is 0 Å². The Balaban J connectivity index is 1.63. The molecular weight excluding hydrogens is 293 g/mol. The van der Waals surface area contributed by atoms with E-state index in [4.69, 9.17) is 0 Å². The molecule has 0 N–H and O–H groups in total. The third-order valence-electron chi connectivity index (χ3n) is 4.51. The van der Waals surface area contributed by atoms with E-state index < -0.39 is 9.84 Å². The van der Waals surface area contributed by atoms with Crippen molar-refractivity contribution in [3.05, 3.63) is 35.6 Å². The van der Waals surface area contributed by atoms with Crippen LogP contribution < -0.4 is 0 Å². The quantitative estimate of drug-likeness (QED) is 0.851. The third kappa shape index (κ3) is 2.95. The van der Waals surface area contributed by atoms with Gasteiger partial charge >= 0.3 is 0 Å². The molecule has 1 amide bonds. The summed E-state index contributed by atoms with van der Waals surface area (Å²) in [5, 5.41) is 0. The molecule has 1 saturated carbocycles. The molecule has 4 nitrogen and oxygen atoms in total. The second-order valence-electron chi connectivity index (χ2n) is 6.01. The first-order valence-corrected chi connectivity index (χ1v) is 8.92. The molecule has 0 spiro atoms. The molecule has 114 valence electrons. The van der Waals surface area contributed by atoms with Gasteiger partial charge in [0.15, 0.2) is 9.84 Å². The van der Waals surface area contributed by atoms with Gasteiger partial charge in [0, 0.05) is 19.0 Å². The van der Waals surface area contributed by atoms with Gasteiger partial charge in [-0.05, 0) is 36.5 Å². The van der Waals surface area contributed by atoms with E-state index in [0.717, 1.165) is 12.0 Å². The van der Waals surface area contributed by atoms with Crippen molar-refractivity contribution in [1.82, 2.24) is 4.90 Å². The van der Waals surface area contributed by atoms with Crippen molar-refractivity contribution >= 4 is 15.7 Å². The molecule has 6 heteroatoms. The largest absolute Gasteiger partial charge is 0.341 e. The number of amides is 1. The van der Waals surface area contributed by atoms with Crippen LogP contribution in [0.15, 0.2) is 24.3 Å². The van der Waals surface area contributed by atoms with E-state index in [2.05, 4.69) is 0 Å². The number of rotatable bonds is 3. The van der Waals surface area contributed by atoms with Crippen LogP contribution in [0.1, 0.15) is 24.3 Å². The number of sulfone groups is 1. The highest BCUT2D eigenvalue weighted by Gasteiger charge is 2.47. The summed E-state index contributed by atoms with van der Waals surface area (Å²) in [6.07, 6.45) is 1.28. The minimum atomic E-state index is -2.99. The number of carbonyl (C=O) groups excluding carboxylic acids is 1. The van der Waals surface area contributed by atoms with E-state index >= 15 is 0 Å². The summed E-state index contributed by atoms with van der Waals surface area (Å²) >= 11 is 0. The zero-order valence-electron chi connectivity index (χ0n) is 11.8. The molecule has 1 aliphatic carbocycles. The van der Waals surface area contributed by atoms with E-state index in [-0.39, 0.29) is 41.1 Å². The van der Waals surface area contributed by atoms with Crippen molar-refractivity contribution in [2.24, 2.45) is 5.92 Å². The number of hydrogen-bond donors (Lipinski definition) is 0.